The third kappa shape index (κ3) is 4.11. The van der Waals surface area contributed by atoms with Gasteiger partial charge in [0.2, 0.25) is 0 Å². The predicted molar refractivity (Wildman–Crippen MR) is 78.7 cm³/mol. The van der Waals surface area contributed by atoms with Gasteiger partial charge in [0.1, 0.15) is 5.82 Å². The fraction of sp³-hybridized carbons (Fsp3) is 0.0714. The number of hydrogen-bond acceptors (Lipinski definition) is 1. The summed E-state index contributed by atoms with van der Waals surface area (Å²) in [6.07, 6.45) is 0. The predicted octanol–water partition coefficient (Wildman–Crippen LogP) is 4.45. The first-order chi connectivity index (χ1) is 9.54. The molecule has 0 unspecified atom stereocenters. The van der Waals surface area contributed by atoms with Crippen LogP contribution in [0.1, 0.15) is 5.56 Å². The first-order valence-electron chi connectivity index (χ1n) is 5.79. The second-order valence-electron chi connectivity index (χ2n) is 4.06. The van der Waals surface area contributed by atoms with Crippen LogP contribution in [0.25, 0.3) is 0 Å². The number of urea groups is 1. The number of benzene rings is 2. The lowest BCUT2D eigenvalue weighted by molar-refractivity contribution is 0.251. The molecule has 2 amide bonds. The van der Waals surface area contributed by atoms with Crippen LogP contribution in [0.15, 0.2) is 42.5 Å². The van der Waals surface area contributed by atoms with Gasteiger partial charge in [-0.2, -0.15) is 0 Å². The van der Waals surface area contributed by atoms with Crippen molar-refractivity contribution in [3.8, 4) is 0 Å². The van der Waals surface area contributed by atoms with Gasteiger partial charge < -0.3 is 10.6 Å². The molecule has 3 nitrogen and oxygen atoms in total. The second kappa shape index (κ2) is 6.59. The maximum absolute atomic E-state index is 12.7. The lowest BCUT2D eigenvalue weighted by atomic mass is 10.2. The molecule has 2 aromatic rings. The SMILES string of the molecule is O=C(NCc1ccc(Cl)c(Cl)c1)Nc1ccc(F)cc1. The van der Waals surface area contributed by atoms with Crippen molar-refractivity contribution in [3.63, 3.8) is 0 Å². The van der Waals surface area contributed by atoms with Gasteiger partial charge in [0.05, 0.1) is 10.0 Å². The molecule has 2 rings (SSSR count). The lowest BCUT2D eigenvalue weighted by Crippen LogP contribution is -2.28. The van der Waals surface area contributed by atoms with Gasteiger partial charge in [-0.15, -0.1) is 0 Å². The number of rotatable bonds is 3. The summed E-state index contributed by atoms with van der Waals surface area (Å²) in [7, 11) is 0. The molecule has 0 atom stereocenters. The van der Waals surface area contributed by atoms with Gasteiger partial charge in [-0.1, -0.05) is 29.3 Å². The van der Waals surface area contributed by atoms with Crippen molar-refractivity contribution in [1.82, 2.24) is 5.32 Å². The summed E-state index contributed by atoms with van der Waals surface area (Å²) < 4.78 is 12.7. The summed E-state index contributed by atoms with van der Waals surface area (Å²) in [5, 5.41) is 6.15. The van der Waals surface area contributed by atoms with Gasteiger partial charge in [-0.3, -0.25) is 0 Å². The number of halogens is 3. The molecule has 0 aliphatic rings. The van der Waals surface area contributed by atoms with E-state index in [1.807, 2.05) is 0 Å². The van der Waals surface area contributed by atoms with Crippen molar-refractivity contribution in [1.29, 1.82) is 0 Å². The molecule has 0 radical (unpaired) electrons. The van der Waals surface area contributed by atoms with E-state index in [1.54, 1.807) is 18.2 Å². The Kier molecular flexibility index (Phi) is 4.82. The van der Waals surface area contributed by atoms with Gasteiger partial charge in [0, 0.05) is 12.2 Å². The summed E-state index contributed by atoms with van der Waals surface area (Å²) in [4.78, 5) is 11.6. The van der Waals surface area contributed by atoms with Crippen LogP contribution in [0.4, 0.5) is 14.9 Å². The van der Waals surface area contributed by atoms with Crippen LogP contribution in [0.2, 0.25) is 10.0 Å². The second-order valence-corrected chi connectivity index (χ2v) is 4.88. The van der Waals surface area contributed by atoms with Gasteiger partial charge >= 0.3 is 6.03 Å². The molecular formula is C14H11Cl2FN2O. The number of hydrogen-bond donors (Lipinski definition) is 2. The highest BCUT2D eigenvalue weighted by atomic mass is 35.5. The smallest absolute Gasteiger partial charge is 0.319 e. The Morgan fingerprint density at radius 3 is 2.40 bits per heavy atom. The topological polar surface area (TPSA) is 41.1 Å². The molecule has 0 aromatic heterocycles. The minimum absolute atomic E-state index is 0.309. The van der Waals surface area contributed by atoms with Crippen LogP contribution in [0.5, 0.6) is 0 Å². The molecule has 6 heteroatoms. The number of anilines is 1. The van der Waals surface area contributed by atoms with Crippen LogP contribution in [-0.4, -0.2) is 6.03 Å². The minimum atomic E-state index is -0.386. The summed E-state index contributed by atoms with van der Waals surface area (Å²) in [5.74, 6) is -0.355. The van der Waals surface area contributed by atoms with Gasteiger partial charge in [-0.25, -0.2) is 9.18 Å². The maximum Gasteiger partial charge on any atom is 0.319 e. The van der Waals surface area contributed by atoms with Crippen molar-refractivity contribution in [2.24, 2.45) is 0 Å². The fourth-order valence-electron chi connectivity index (χ4n) is 1.54. The maximum atomic E-state index is 12.7. The molecule has 104 valence electrons. The van der Waals surface area contributed by atoms with E-state index in [0.717, 1.165) is 5.56 Å². The van der Waals surface area contributed by atoms with Crippen LogP contribution < -0.4 is 10.6 Å². The van der Waals surface area contributed by atoms with Crippen molar-refractivity contribution < 1.29 is 9.18 Å². The number of carbonyl (C=O) groups is 1. The molecule has 0 spiro atoms. The average molecular weight is 313 g/mol. The zero-order valence-electron chi connectivity index (χ0n) is 10.3. The van der Waals surface area contributed by atoms with E-state index in [1.165, 1.54) is 24.3 Å². The number of amides is 2. The van der Waals surface area contributed by atoms with Crippen molar-refractivity contribution in [2.45, 2.75) is 6.54 Å². The van der Waals surface area contributed by atoms with Gasteiger partial charge in [0.15, 0.2) is 0 Å². The van der Waals surface area contributed by atoms with E-state index in [9.17, 15) is 9.18 Å². The molecule has 0 aliphatic heterocycles. The van der Waals surface area contributed by atoms with Crippen LogP contribution in [0.3, 0.4) is 0 Å². The van der Waals surface area contributed by atoms with Crippen molar-refractivity contribution in [2.75, 3.05) is 5.32 Å². The van der Waals surface area contributed by atoms with Crippen molar-refractivity contribution >= 4 is 34.9 Å². The highest BCUT2D eigenvalue weighted by molar-refractivity contribution is 6.42. The monoisotopic (exact) mass is 312 g/mol. The first kappa shape index (κ1) is 14.6. The molecule has 0 aliphatic carbocycles. The highest BCUT2D eigenvalue weighted by Gasteiger charge is 2.03. The Balaban J connectivity index is 1.88. The van der Waals surface area contributed by atoms with Crippen LogP contribution in [0, 0.1) is 5.82 Å². The van der Waals surface area contributed by atoms with E-state index in [0.29, 0.717) is 22.3 Å². The molecular weight excluding hydrogens is 302 g/mol. The van der Waals surface area contributed by atoms with E-state index < -0.39 is 0 Å². The summed E-state index contributed by atoms with van der Waals surface area (Å²) in [5.41, 5.74) is 1.34. The highest BCUT2D eigenvalue weighted by Crippen LogP contribution is 2.22. The fourth-order valence-corrected chi connectivity index (χ4v) is 1.86. The largest absolute Gasteiger partial charge is 0.334 e. The Bertz CT molecular complexity index is 617. The summed E-state index contributed by atoms with van der Waals surface area (Å²) in [6, 6.07) is 10.2. The van der Waals surface area contributed by atoms with Gasteiger partial charge in [-0.05, 0) is 42.0 Å². The third-order valence-corrected chi connectivity index (χ3v) is 3.28. The Labute approximate surface area is 125 Å². The molecule has 20 heavy (non-hydrogen) atoms. The van der Waals surface area contributed by atoms with E-state index >= 15 is 0 Å². The Morgan fingerprint density at radius 1 is 1.05 bits per heavy atom. The van der Waals surface area contributed by atoms with Crippen LogP contribution in [-0.2, 0) is 6.54 Å². The Morgan fingerprint density at radius 2 is 1.75 bits per heavy atom. The molecule has 0 fully saturated rings. The van der Waals surface area contributed by atoms with E-state index in [2.05, 4.69) is 10.6 Å². The normalized spacial score (nSPS) is 10.2. The quantitative estimate of drug-likeness (QED) is 0.863. The van der Waals surface area contributed by atoms with E-state index in [4.69, 9.17) is 23.2 Å². The number of nitrogens with one attached hydrogen (secondary N) is 2. The standard InChI is InChI=1S/C14H11Cl2FN2O/c15-12-6-1-9(7-13(12)16)8-18-14(20)19-11-4-2-10(17)3-5-11/h1-7H,8H2,(H2,18,19,20). The first-order valence-corrected chi connectivity index (χ1v) is 6.54. The summed E-state index contributed by atoms with van der Waals surface area (Å²) in [6.45, 7) is 0.309. The summed E-state index contributed by atoms with van der Waals surface area (Å²) >= 11 is 11.7. The molecule has 0 bridgehead atoms. The van der Waals surface area contributed by atoms with E-state index in [-0.39, 0.29) is 11.8 Å². The molecule has 0 heterocycles. The molecule has 0 saturated heterocycles. The molecule has 2 aromatic carbocycles. The third-order valence-electron chi connectivity index (χ3n) is 2.54. The zero-order chi connectivity index (χ0) is 14.5. The minimum Gasteiger partial charge on any atom is -0.334 e. The number of carbonyl (C=O) groups excluding carboxylic acids is 1. The average Bonchev–Trinajstić information content (AvgIpc) is 2.43. The van der Waals surface area contributed by atoms with Gasteiger partial charge in [0.25, 0.3) is 0 Å². The lowest BCUT2D eigenvalue weighted by Gasteiger charge is -2.08. The molecule has 0 saturated carbocycles. The Hall–Kier alpha value is -1.78. The molecule has 2 N–H and O–H groups in total. The van der Waals surface area contributed by atoms with Crippen molar-refractivity contribution in [3.05, 3.63) is 63.9 Å². The van der Waals surface area contributed by atoms with Crippen LogP contribution >= 0.6 is 23.2 Å². The zero-order valence-corrected chi connectivity index (χ0v) is 11.8.